The number of hydrogen-bond acceptors (Lipinski definition) is 5. The van der Waals surface area contributed by atoms with Gasteiger partial charge in [-0.05, 0) is 66.2 Å². The number of hydrogen-bond donors (Lipinski definition) is 0. The molecule has 0 spiro atoms. The van der Waals surface area contributed by atoms with Crippen molar-refractivity contribution in [1.82, 2.24) is 0 Å². The van der Waals surface area contributed by atoms with Crippen LogP contribution in [0.15, 0.2) is 36.4 Å². The standard InChI is InChI=1S/C24H30B2O4S/c1-21(2)22(3,4)28-25(27-21)17-13-9-11-15-16-12-10-14-18(20(16)31-19(15)17)26-29-23(5,6)24(7,8)30-26/h9-14H,1-8H3. The molecule has 0 atom stereocenters. The van der Waals surface area contributed by atoms with Crippen LogP contribution in [0.25, 0.3) is 20.2 Å². The van der Waals surface area contributed by atoms with E-state index in [1.165, 1.54) is 20.2 Å². The normalized spacial score (nSPS) is 23.9. The van der Waals surface area contributed by atoms with Gasteiger partial charge in [0.05, 0.1) is 22.4 Å². The summed E-state index contributed by atoms with van der Waals surface area (Å²) < 4.78 is 27.9. The minimum absolute atomic E-state index is 0.371. The lowest BCUT2D eigenvalue weighted by molar-refractivity contribution is 0.00578. The van der Waals surface area contributed by atoms with E-state index in [4.69, 9.17) is 18.6 Å². The molecule has 3 aromatic rings. The minimum atomic E-state index is -0.387. The minimum Gasteiger partial charge on any atom is -0.399 e. The number of thiophene rings is 1. The highest BCUT2D eigenvalue weighted by Gasteiger charge is 2.53. The Balaban J connectivity index is 1.64. The Bertz CT molecular complexity index is 1060. The van der Waals surface area contributed by atoms with Gasteiger partial charge in [0.2, 0.25) is 0 Å². The van der Waals surface area contributed by atoms with Crippen molar-refractivity contribution in [3.05, 3.63) is 36.4 Å². The first-order valence-corrected chi connectivity index (χ1v) is 11.8. The molecule has 1 aromatic heterocycles. The quantitative estimate of drug-likeness (QED) is 0.549. The second-order valence-electron chi connectivity index (χ2n) is 10.7. The fourth-order valence-corrected chi connectivity index (χ4v) is 5.52. The summed E-state index contributed by atoms with van der Waals surface area (Å²) in [6.07, 6.45) is 0. The molecular weight excluding hydrogens is 406 g/mol. The van der Waals surface area contributed by atoms with Crippen molar-refractivity contribution in [2.45, 2.75) is 77.8 Å². The lowest BCUT2D eigenvalue weighted by Gasteiger charge is -2.32. The first-order chi connectivity index (χ1) is 14.3. The van der Waals surface area contributed by atoms with Crippen LogP contribution in [-0.2, 0) is 18.6 Å². The molecule has 0 N–H and O–H groups in total. The van der Waals surface area contributed by atoms with E-state index in [2.05, 4.69) is 91.8 Å². The fraction of sp³-hybridized carbons (Fsp3) is 0.500. The summed E-state index contributed by atoms with van der Waals surface area (Å²) in [7, 11) is -0.774. The summed E-state index contributed by atoms with van der Waals surface area (Å²) in [6, 6.07) is 12.8. The fourth-order valence-electron chi connectivity index (χ4n) is 4.18. The molecule has 0 radical (unpaired) electrons. The smallest absolute Gasteiger partial charge is 0.399 e. The molecule has 0 aliphatic carbocycles. The Morgan fingerprint density at radius 3 is 1.19 bits per heavy atom. The number of fused-ring (bicyclic) bond motifs is 3. The van der Waals surface area contributed by atoms with Crippen molar-refractivity contribution < 1.29 is 18.6 Å². The first-order valence-electron chi connectivity index (χ1n) is 11.0. The molecule has 2 aromatic carbocycles. The van der Waals surface area contributed by atoms with E-state index < -0.39 is 0 Å². The molecular formula is C24H30B2O4S. The summed E-state index contributed by atoms with van der Waals surface area (Å²) in [5, 5.41) is 2.43. The maximum absolute atomic E-state index is 6.37. The van der Waals surface area contributed by atoms with E-state index >= 15 is 0 Å². The van der Waals surface area contributed by atoms with Gasteiger partial charge in [-0.3, -0.25) is 0 Å². The van der Waals surface area contributed by atoms with Gasteiger partial charge < -0.3 is 18.6 Å². The largest absolute Gasteiger partial charge is 0.496 e. The van der Waals surface area contributed by atoms with E-state index in [1.54, 1.807) is 11.3 Å². The topological polar surface area (TPSA) is 36.9 Å². The predicted octanol–water partition coefficient (Wildman–Crippen LogP) is 4.65. The predicted molar refractivity (Wildman–Crippen MR) is 131 cm³/mol. The Labute approximate surface area is 189 Å². The zero-order chi connectivity index (χ0) is 22.4. The van der Waals surface area contributed by atoms with Crippen LogP contribution in [0.5, 0.6) is 0 Å². The average Bonchev–Trinajstić information content (AvgIpc) is 3.21. The highest BCUT2D eigenvalue weighted by Crippen LogP contribution is 2.40. The van der Waals surface area contributed by atoms with Gasteiger partial charge in [0.1, 0.15) is 0 Å². The molecule has 7 heteroatoms. The van der Waals surface area contributed by atoms with Gasteiger partial charge in [0.25, 0.3) is 0 Å². The molecule has 0 bridgehead atoms. The van der Waals surface area contributed by atoms with Crippen molar-refractivity contribution in [1.29, 1.82) is 0 Å². The van der Waals surface area contributed by atoms with E-state index in [9.17, 15) is 0 Å². The van der Waals surface area contributed by atoms with Gasteiger partial charge in [-0.1, -0.05) is 36.4 Å². The van der Waals surface area contributed by atoms with Crippen LogP contribution in [0.4, 0.5) is 0 Å². The molecule has 31 heavy (non-hydrogen) atoms. The lowest BCUT2D eigenvalue weighted by atomic mass is 9.77. The van der Waals surface area contributed by atoms with Gasteiger partial charge in [-0.2, -0.15) is 0 Å². The van der Waals surface area contributed by atoms with Crippen LogP contribution in [0, 0.1) is 0 Å². The molecule has 2 fully saturated rings. The second-order valence-corrected chi connectivity index (χ2v) is 11.7. The Kier molecular flexibility index (Phi) is 4.56. The Morgan fingerprint density at radius 2 is 0.871 bits per heavy atom. The molecule has 162 valence electrons. The van der Waals surface area contributed by atoms with E-state index in [0.717, 1.165) is 10.9 Å². The zero-order valence-electron chi connectivity index (χ0n) is 19.7. The summed E-state index contributed by atoms with van der Waals surface area (Å²) in [5.74, 6) is 0. The van der Waals surface area contributed by atoms with Crippen LogP contribution in [0.2, 0.25) is 0 Å². The van der Waals surface area contributed by atoms with Crippen LogP contribution < -0.4 is 10.9 Å². The Morgan fingerprint density at radius 1 is 0.548 bits per heavy atom. The van der Waals surface area contributed by atoms with E-state index in [1.807, 2.05) is 0 Å². The second kappa shape index (κ2) is 6.58. The monoisotopic (exact) mass is 436 g/mol. The van der Waals surface area contributed by atoms with Gasteiger partial charge in [-0.25, -0.2) is 0 Å². The summed E-state index contributed by atoms with van der Waals surface area (Å²) >= 11 is 1.77. The summed E-state index contributed by atoms with van der Waals surface area (Å²) in [5.41, 5.74) is 0.679. The molecule has 0 unspecified atom stereocenters. The van der Waals surface area contributed by atoms with E-state index in [0.29, 0.717) is 0 Å². The molecule has 5 rings (SSSR count). The van der Waals surface area contributed by atoms with Crippen LogP contribution in [0.1, 0.15) is 55.4 Å². The van der Waals surface area contributed by atoms with Crippen molar-refractivity contribution in [2.75, 3.05) is 0 Å². The maximum Gasteiger partial charge on any atom is 0.496 e. The number of benzene rings is 2. The SMILES string of the molecule is CC1(C)OB(c2cccc3c2sc2c(B4OC(C)(C)C(C)(C)O4)cccc23)OC1(C)C. The van der Waals surface area contributed by atoms with Gasteiger partial charge >= 0.3 is 14.2 Å². The summed E-state index contributed by atoms with van der Waals surface area (Å²) in [6.45, 7) is 16.7. The van der Waals surface area contributed by atoms with Gasteiger partial charge in [0, 0.05) is 20.3 Å². The third-order valence-corrected chi connectivity index (χ3v) is 8.92. The zero-order valence-corrected chi connectivity index (χ0v) is 20.5. The van der Waals surface area contributed by atoms with Crippen LogP contribution >= 0.6 is 11.3 Å². The summed E-state index contributed by atoms with van der Waals surface area (Å²) in [4.78, 5) is 0. The van der Waals surface area contributed by atoms with Crippen molar-refractivity contribution >= 4 is 56.7 Å². The van der Waals surface area contributed by atoms with Crippen molar-refractivity contribution in [2.24, 2.45) is 0 Å². The van der Waals surface area contributed by atoms with Crippen molar-refractivity contribution in [3.63, 3.8) is 0 Å². The third-order valence-electron chi connectivity index (χ3n) is 7.60. The van der Waals surface area contributed by atoms with Gasteiger partial charge in [-0.15, -0.1) is 11.3 Å². The first kappa shape index (κ1) is 21.5. The molecule has 0 saturated carbocycles. The van der Waals surface area contributed by atoms with E-state index in [-0.39, 0.29) is 36.6 Å². The average molecular weight is 436 g/mol. The van der Waals surface area contributed by atoms with Gasteiger partial charge in [0.15, 0.2) is 0 Å². The van der Waals surface area contributed by atoms with Crippen LogP contribution in [0.3, 0.4) is 0 Å². The van der Waals surface area contributed by atoms with Crippen molar-refractivity contribution in [3.8, 4) is 0 Å². The molecule has 2 aliphatic heterocycles. The highest BCUT2D eigenvalue weighted by atomic mass is 32.1. The molecule has 4 nitrogen and oxygen atoms in total. The third kappa shape index (κ3) is 3.12. The molecule has 0 amide bonds. The molecule has 2 aliphatic rings. The van der Waals surface area contributed by atoms with Crippen LogP contribution in [-0.4, -0.2) is 36.6 Å². The maximum atomic E-state index is 6.37. The highest BCUT2D eigenvalue weighted by molar-refractivity contribution is 7.28. The Hall–Kier alpha value is -1.37. The molecule has 3 heterocycles. The molecule has 2 saturated heterocycles. The number of rotatable bonds is 2. The lowest BCUT2D eigenvalue weighted by Crippen LogP contribution is -2.41.